The summed E-state index contributed by atoms with van der Waals surface area (Å²) in [5.41, 5.74) is -0.233. The Balaban J connectivity index is 2.52. The normalized spacial score (nSPS) is 31.2. The first-order valence-electron chi connectivity index (χ1n) is 5.50. The van der Waals surface area contributed by atoms with Crippen LogP contribution in [0.2, 0.25) is 0 Å². The maximum Gasteiger partial charge on any atom is 0.114 e. The van der Waals surface area contributed by atoms with Gasteiger partial charge in [0.25, 0.3) is 0 Å². The maximum atomic E-state index is 9.21. The molecule has 0 aromatic rings. The topological polar surface area (TPSA) is 36.3 Å². The highest BCUT2D eigenvalue weighted by molar-refractivity contribution is 5.17. The minimum Gasteiger partial charge on any atom is -0.378 e. The number of nitrogens with zero attached hydrogens (tertiary/aromatic N) is 2. The van der Waals surface area contributed by atoms with Crippen molar-refractivity contribution in [3.63, 3.8) is 0 Å². The third-order valence-electron chi connectivity index (χ3n) is 3.11. The monoisotopic (exact) mass is 196 g/mol. The van der Waals surface area contributed by atoms with Crippen LogP contribution in [-0.4, -0.2) is 36.2 Å². The van der Waals surface area contributed by atoms with Crippen LogP contribution in [-0.2, 0) is 4.74 Å². The Hall–Kier alpha value is -0.590. The van der Waals surface area contributed by atoms with Crippen LogP contribution < -0.4 is 0 Å². The van der Waals surface area contributed by atoms with E-state index in [1.807, 2.05) is 6.92 Å². The lowest BCUT2D eigenvalue weighted by molar-refractivity contribution is -0.0751. The van der Waals surface area contributed by atoms with Gasteiger partial charge in [0.15, 0.2) is 0 Å². The highest BCUT2D eigenvalue weighted by atomic mass is 16.5. The molecule has 0 N–H and O–H groups in total. The van der Waals surface area contributed by atoms with Crippen LogP contribution in [0.4, 0.5) is 0 Å². The molecule has 0 saturated heterocycles. The van der Waals surface area contributed by atoms with Gasteiger partial charge in [-0.15, -0.1) is 0 Å². The summed E-state index contributed by atoms with van der Waals surface area (Å²) in [4.78, 5) is 2.24. The molecule has 0 atom stereocenters. The van der Waals surface area contributed by atoms with Crippen molar-refractivity contribution < 1.29 is 4.74 Å². The van der Waals surface area contributed by atoms with Gasteiger partial charge in [-0.2, -0.15) is 5.26 Å². The number of rotatable bonds is 5. The summed E-state index contributed by atoms with van der Waals surface area (Å²) in [6.07, 6.45) is 2.05. The van der Waals surface area contributed by atoms with Crippen molar-refractivity contribution in [3.05, 3.63) is 0 Å². The smallest absolute Gasteiger partial charge is 0.114 e. The Morgan fingerprint density at radius 1 is 1.36 bits per heavy atom. The molecule has 0 aliphatic heterocycles. The molecule has 0 heterocycles. The van der Waals surface area contributed by atoms with E-state index in [0.29, 0.717) is 6.10 Å². The lowest BCUT2D eigenvalue weighted by Crippen LogP contribution is -2.59. The minimum atomic E-state index is -0.233. The van der Waals surface area contributed by atoms with E-state index in [-0.39, 0.29) is 5.54 Å². The quantitative estimate of drug-likeness (QED) is 0.672. The highest BCUT2D eigenvalue weighted by Crippen LogP contribution is 2.39. The average molecular weight is 196 g/mol. The molecule has 0 aromatic heterocycles. The lowest BCUT2D eigenvalue weighted by atomic mass is 9.74. The van der Waals surface area contributed by atoms with E-state index in [2.05, 4.69) is 24.8 Å². The van der Waals surface area contributed by atoms with Gasteiger partial charge in [-0.1, -0.05) is 13.8 Å². The molecule has 1 rings (SSSR count). The molecule has 14 heavy (non-hydrogen) atoms. The van der Waals surface area contributed by atoms with E-state index in [4.69, 9.17) is 4.74 Å². The fourth-order valence-electron chi connectivity index (χ4n) is 2.30. The molecule has 0 aromatic carbocycles. The molecule has 0 spiro atoms. The molecule has 0 bridgehead atoms. The largest absolute Gasteiger partial charge is 0.378 e. The Labute approximate surface area is 86.6 Å². The number of ether oxygens (including phenoxy) is 1. The first kappa shape index (κ1) is 11.5. The van der Waals surface area contributed by atoms with E-state index in [0.717, 1.165) is 32.5 Å². The first-order chi connectivity index (χ1) is 6.72. The van der Waals surface area contributed by atoms with Crippen LogP contribution in [0.15, 0.2) is 0 Å². The molecule has 1 aliphatic rings. The molecule has 1 fully saturated rings. The van der Waals surface area contributed by atoms with Crippen LogP contribution in [0.1, 0.15) is 33.6 Å². The van der Waals surface area contributed by atoms with Crippen LogP contribution in [0, 0.1) is 11.3 Å². The van der Waals surface area contributed by atoms with Crippen molar-refractivity contribution in [2.45, 2.75) is 45.3 Å². The molecule has 1 aliphatic carbocycles. The van der Waals surface area contributed by atoms with Gasteiger partial charge in [-0.05, 0) is 20.0 Å². The molecule has 0 radical (unpaired) electrons. The van der Waals surface area contributed by atoms with Crippen molar-refractivity contribution in [3.8, 4) is 6.07 Å². The zero-order valence-electron chi connectivity index (χ0n) is 9.42. The van der Waals surface area contributed by atoms with Crippen molar-refractivity contribution in [2.24, 2.45) is 0 Å². The van der Waals surface area contributed by atoms with Crippen LogP contribution in [0.5, 0.6) is 0 Å². The predicted molar refractivity (Wildman–Crippen MR) is 55.9 cm³/mol. The van der Waals surface area contributed by atoms with Gasteiger partial charge in [-0.25, -0.2) is 0 Å². The van der Waals surface area contributed by atoms with Crippen LogP contribution in [0.3, 0.4) is 0 Å². The minimum absolute atomic E-state index is 0.233. The van der Waals surface area contributed by atoms with Crippen molar-refractivity contribution >= 4 is 0 Å². The molecular weight excluding hydrogens is 176 g/mol. The molecular formula is C11H20N2O. The number of hydrogen-bond donors (Lipinski definition) is 0. The summed E-state index contributed by atoms with van der Waals surface area (Å²) in [5, 5.41) is 9.21. The van der Waals surface area contributed by atoms with Crippen molar-refractivity contribution in [1.82, 2.24) is 4.90 Å². The third-order valence-corrected chi connectivity index (χ3v) is 3.11. The lowest BCUT2D eigenvalue weighted by Gasteiger charge is -2.48. The predicted octanol–water partition coefficient (Wildman–Crippen LogP) is 1.79. The van der Waals surface area contributed by atoms with Gasteiger partial charge < -0.3 is 4.74 Å². The first-order valence-corrected chi connectivity index (χ1v) is 5.50. The molecule has 3 nitrogen and oxygen atoms in total. The second kappa shape index (κ2) is 4.77. The third kappa shape index (κ3) is 1.92. The Kier molecular flexibility index (Phi) is 3.91. The van der Waals surface area contributed by atoms with Crippen LogP contribution >= 0.6 is 0 Å². The van der Waals surface area contributed by atoms with Gasteiger partial charge in [0.2, 0.25) is 0 Å². The fourth-order valence-corrected chi connectivity index (χ4v) is 2.30. The summed E-state index contributed by atoms with van der Waals surface area (Å²) >= 11 is 0. The number of nitriles is 1. The highest BCUT2D eigenvalue weighted by Gasteiger charge is 2.48. The summed E-state index contributed by atoms with van der Waals surface area (Å²) in [7, 11) is 0. The van der Waals surface area contributed by atoms with Gasteiger partial charge in [0.1, 0.15) is 5.54 Å². The SMILES string of the molecule is CCOC1CC(C#N)(N(CC)CC)C1. The second-order valence-electron chi connectivity index (χ2n) is 3.80. The maximum absolute atomic E-state index is 9.21. The Morgan fingerprint density at radius 2 is 1.93 bits per heavy atom. The van der Waals surface area contributed by atoms with Gasteiger partial charge in [0.05, 0.1) is 12.2 Å². The Bertz CT molecular complexity index is 212. The standard InChI is InChI=1S/C11H20N2O/c1-4-13(5-2)11(9-12)7-10(8-11)14-6-3/h10H,4-8H2,1-3H3. The summed E-state index contributed by atoms with van der Waals surface area (Å²) in [6.45, 7) is 8.87. The summed E-state index contributed by atoms with van der Waals surface area (Å²) < 4.78 is 5.50. The molecule has 0 amide bonds. The summed E-state index contributed by atoms with van der Waals surface area (Å²) in [5.74, 6) is 0. The van der Waals surface area contributed by atoms with Gasteiger partial charge in [0, 0.05) is 19.4 Å². The van der Waals surface area contributed by atoms with Gasteiger partial charge >= 0.3 is 0 Å². The van der Waals surface area contributed by atoms with E-state index in [1.165, 1.54) is 0 Å². The second-order valence-corrected chi connectivity index (χ2v) is 3.80. The van der Waals surface area contributed by atoms with Gasteiger partial charge in [-0.3, -0.25) is 4.90 Å². The zero-order chi connectivity index (χ0) is 10.6. The Morgan fingerprint density at radius 3 is 2.29 bits per heavy atom. The molecule has 0 unspecified atom stereocenters. The molecule has 1 saturated carbocycles. The average Bonchev–Trinajstić information content (AvgIpc) is 2.15. The van der Waals surface area contributed by atoms with Crippen molar-refractivity contribution in [2.75, 3.05) is 19.7 Å². The van der Waals surface area contributed by atoms with E-state index in [9.17, 15) is 5.26 Å². The van der Waals surface area contributed by atoms with E-state index in [1.54, 1.807) is 0 Å². The van der Waals surface area contributed by atoms with E-state index >= 15 is 0 Å². The zero-order valence-corrected chi connectivity index (χ0v) is 9.42. The van der Waals surface area contributed by atoms with E-state index < -0.39 is 0 Å². The molecule has 80 valence electrons. The molecule has 3 heteroatoms. The summed E-state index contributed by atoms with van der Waals surface area (Å²) in [6, 6.07) is 2.45. The number of hydrogen-bond acceptors (Lipinski definition) is 3. The van der Waals surface area contributed by atoms with Crippen molar-refractivity contribution in [1.29, 1.82) is 5.26 Å². The fraction of sp³-hybridized carbons (Fsp3) is 0.909. The van der Waals surface area contributed by atoms with Crippen LogP contribution in [0.25, 0.3) is 0 Å².